The Hall–Kier alpha value is -1.78. The third-order valence-corrected chi connectivity index (χ3v) is 4.98. The molecule has 0 aliphatic carbocycles. The van der Waals surface area contributed by atoms with Crippen molar-refractivity contribution in [1.82, 2.24) is 4.98 Å². The monoisotopic (exact) mass is 373 g/mol. The highest BCUT2D eigenvalue weighted by Crippen LogP contribution is 2.33. The van der Waals surface area contributed by atoms with Gasteiger partial charge in [0.15, 0.2) is 0 Å². The Morgan fingerprint density at radius 2 is 1.77 bits per heavy atom. The van der Waals surface area contributed by atoms with E-state index in [9.17, 15) is 4.39 Å². The topological polar surface area (TPSA) is 12.9 Å². The number of aromatic nitrogens is 1. The van der Waals surface area contributed by atoms with Crippen LogP contribution in [-0.4, -0.2) is 4.98 Å². The molecular formula is C18H13BrFNS. The van der Waals surface area contributed by atoms with Gasteiger partial charge in [0, 0.05) is 5.56 Å². The third kappa shape index (κ3) is 3.34. The van der Waals surface area contributed by atoms with E-state index in [2.05, 4.69) is 46.0 Å². The first kappa shape index (κ1) is 15.1. The molecule has 0 atom stereocenters. The molecule has 110 valence electrons. The molecule has 0 spiro atoms. The van der Waals surface area contributed by atoms with E-state index in [0.717, 1.165) is 20.1 Å². The van der Waals surface area contributed by atoms with Gasteiger partial charge in [-0.15, -0.1) is 11.3 Å². The second-order valence-electron chi connectivity index (χ2n) is 4.87. The summed E-state index contributed by atoms with van der Waals surface area (Å²) in [6.07, 6.45) is 4.07. The fraction of sp³-hybridized carbons (Fsp3) is 0.0556. The summed E-state index contributed by atoms with van der Waals surface area (Å²) < 4.78 is 14.0. The van der Waals surface area contributed by atoms with Gasteiger partial charge in [-0.1, -0.05) is 30.3 Å². The molecule has 2 aromatic carbocycles. The minimum Gasteiger partial charge on any atom is -0.235 e. The second-order valence-corrected chi connectivity index (χ2v) is 7.22. The minimum absolute atomic E-state index is 0.241. The fourth-order valence-corrected chi connectivity index (χ4v) is 3.64. The number of aryl methyl sites for hydroxylation is 1. The van der Waals surface area contributed by atoms with Gasteiger partial charge >= 0.3 is 0 Å². The molecule has 0 fully saturated rings. The Labute approximate surface area is 141 Å². The number of thiazole rings is 1. The van der Waals surface area contributed by atoms with Gasteiger partial charge in [-0.25, -0.2) is 9.37 Å². The van der Waals surface area contributed by atoms with Gasteiger partial charge < -0.3 is 0 Å². The molecule has 0 radical (unpaired) electrons. The zero-order chi connectivity index (χ0) is 15.5. The van der Waals surface area contributed by atoms with Crippen LogP contribution < -0.4 is 0 Å². The van der Waals surface area contributed by atoms with Gasteiger partial charge in [0.1, 0.15) is 10.8 Å². The van der Waals surface area contributed by atoms with Crippen molar-refractivity contribution in [3.8, 4) is 11.3 Å². The van der Waals surface area contributed by atoms with Crippen molar-refractivity contribution in [3.63, 3.8) is 0 Å². The van der Waals surface area contributed by atoms with Crippen molar-refractivity contribution >= 4 is 39.4 Å². The smallest absolute Gasteiger partial charge is 0.123 e. The largest absolute Gasteiger partial charge is 0.235 e. The molecule has 0 aliphatic heterocycles. The number of hydrogen-bond donors (Lipinski definition) is 0. The van der Waals surface area contributed by atoms with E-state index in [4.69, 9.17) is 0 Å². The van der Waals surface area contributed by atoms with Crippen LogP contribution in [0, 0.1) is 12.7 Å². The molecule has 0 saturated heterocycles. The average molecular weight is 374 g/mol. The van der Waals surface area contributed by atoms with Crippen molar-refractivity contribution in [2.45, 2.75) is 6.92 Å². The molecular weight excluding hydrogens is 361 g/mol. The van der Waals surface area contributed by atoms with Gasteiger partial charge in [-0.2, -0.15) is 0 Å². The molecule has 3 aromatic rings. The lowest BCUT2D eigenvalue weighted by Gasteiger charge is -1.97. The summed E-state index contributed by atoms with van der Waals surface area (Å²) in [6, 6.07) is 14.6. The summed E-state index contributed by atoms with van der Waals surface area (Å²) in [6.45, 7) is 2.08. The van der Waals surface area contributed by atoms with E-state index in [-0.39, 0.29) is 5.82 Å². The molecule has 1 aromatic heterocycles. The number of benzene rings is 2. The van der Waals surface area contributed by atoms with E-state index >= 15 is 0 Å². The van der Waals surface area contributed by atoms with E-state index in [1.54, 1.807) is 23.5 Å². The maximum absolute atomic E-state index is 13.0. The summed E-state index contributed by atoms with van der Waals surface area (Å²) in [5.41, 5.74) is 4.15. The Morgan fingerprint density at radius 1 is 1.05 bits per heavy atom. The lowest BCUT2D eigenvalue weighted by Crippen LogP contribution is -1.81. The fourth-order valence-electron chi connectivity index (χ4n) is 2.11. The van der Waals surface area contributed by atoms with Crippen molar-refractivity contribution in [1.29, 1.82) is 0 Å². The molecule has 0 N–H and O–H groups in total. The standard InChI is InChI=1S/C18H13BrFNS/c1-12-4-2-3-5-13(12)8-11-16-21-17(18(19)22-16)14-6-9-15(20)10-7-14/h2-11H,1H3. The van der Waals surface area contributed by atoms with Crippen molar-refractivity contribution in [2.75, 3.05) is 0 Å². The predicted molar refractivity (Wildman–Crippen MR) is 95.3 cm³/mol. The molecule has 1 nitrogen and oxygen atoms in total. The molecule has 0 amide bonds. The van der Waals surface area contributed by atoms with Crippen LogP contribution in [0.1, 0.15) is 16.1 Å². The molecule has 22 heavy (non-hydrogen) atoms. The van der Waals surface area contributed by atoms with E-state index < -0.39 is 0 Å². The highest BCUT2D eigenvalue weighted by molar-refractivity contribution is 9.11. The van der Waals surface area contributed by atoms with E-state index in [0.29, 0.717) is 0 Å². The van der Waals surface area contributed by atoms with E-state index in [1.165, 1.54) is 23.3 Å². The Balaban J connectivity index is 1.89. The predicted octanol–water partition coefficient (Wildman–Crippen LogP) is 6.19. The molecule has 0 aliphatic rings. The first-order valence-electron chi connectivity index (χ1n) is 6.79. The quantitative estimate of drug-likeness (QED) is 0.533. The van der Waals surface area contributed by atoms with Crippen LogP contribution >= 0.6 is 27.3 Å². The van der Waals surface area contributed by atoms with Gasteiger partial charge in [-0.3, -0.25) is 0 Å². The average Bonchev–Trinajstić information content (AvgIpc) is 2.88. The summed E-state index contributed by atoms with van der Waals surface area (Å²) >= 11 is 5.10. The summed E-state index contributed by atoms with van der Waals surface area (Å²) in [5, 5.41) is 0.912. The molecule has 1 heterocycles. The zero-order valence-corrected chi connectivity index (χ0v) is 14.3. The van der Waals surface area contributed by atoms with Crippen LogP contribution in [0.3, 0.4) is 0 Å². The lowest BCUT2D eigenvalue weighted by atomic mass is 10.1. The molecule has 3 rings (SSSR count). The second kappa shape index (κ2) is 6.55. The SMILES string of the molecule is Cc1ccccc1C=Cc1nc(-c2ccc(F)cc2)c(Br)s1. The maximum Gasteiger partial charge on any atom is 0.123 e. The van der Waals surface area contributed by atoms with Gasteiger partial charge in [0.05, 0.1) is 9.48 Å². The minimum atomic E-state index is -0.241. The van der Waals surface area contributed by atoms with Crippen molar-refractivity contribution in [2.24, 2.45) is 0 Å². The van der Waals surface area contributed by atoms with Crippen LogP contribution in [0.2, 0.25) is 0 Å². The molecule has 4 heteroatoms. The van der Waals surface area contributed by atoms with Gasteiger partial charge in [0.2, 0.25) is 0 Å². The number of hydrogen-bond acceptors (Lipinski definition) is 2. The maximum atomic E-state index is 13.0. The number of rotatable bonds is 3. The summed E-state index contributed by atoms with van der Waals surface area (Å²) in [4.78, 5) is 4.62. The third-order valence-electron chi connectivity index (χ3n) is 3.31. The first-order valence-corrected chi connectivity index (χ1v) is 8.40. The highest BCUT2D eigenvalue weighted by atomic mass is 79.9. The Kier molecular flexibility index (Phi) is 4.50. The van der Waals surface area contributed by atoms with Gasteiger partial charge in [-0.05, 0) is 64.3 Å². The number of halogens is 2. The first-order chi connectivity index (χ1) is 10.6. The van der Waals surface area contributed by atoms with Crippen LogP contribution in [0.5, 0.6) is 0 Å². The van der Waals surface area contributed by atoms with Gasteiger partial charge in [0.25, 0.3) is 0 Å². The molecule has 0 saturated carbocycles. The molecule has 0 unspecified atom stereocenters. The highest BCUT2D eigenvalue weighted by Gasteiger charge is 2.09. The van der Waals surface area contributed by atoms with Crippen molar-refractivity contribution < 1.29 is 4.39 Å². The van der Waals surface area contributed by atoms with E-state index in [1.807, 2.05) is 18.2 Å². The van der Waals surface area contributed by atoms with Crippen LogP contribution in [0.25, 0.3) is 23.4 Å². The Morgan fingerprint density at radius 3 is 2.50 bits per heavy atom. The Bertz CT molecular complexity index is 821. The molecule has 0 bridgehead atoms. The summed E-state index contributed by atoms with van der Waals surface area (Å²) in [7, 11) is 0. The van der Waals surface area contributed by atoms with Crippen molar-refractivity contribution in [3.05, 3.63) is 74.3 Å². The van der Waals surface area contributed by atoms with Crippen LogP contribution in [0.15, 0.2) is 52.3 Å². The number of nitrogens with zero attached hydrogens (tertiary/aromatic N) is 1. The normalized spacial score (nSPS) is 11.2. The van der Waals surface area contributed by atoms with Crippen LogP contribution in [0.4, 0.5) is 4.39 Å². The summed E-state index contributed by atoms with van der Waals surface area (Å²) in [5.74, 6) is -0.241. The van der Waals surface area contributed by atoms with Crippen LogP contribution in [-0.2, 0) is 0 Å². The lowest BCUT2D eigenvalue weighted by molar-refractivity contribution is 0.628. The zero-order valence-electron chi connectivity index (χ0n) is 11.9.